The smallest absolute Gasteiger partial charge is 0.183 e. The zero-order valence-corrected chi connectivity index (χ0v) is 27.9. The molecular formula is C37H48O8. The maximum absolute atomic E-state index is 13.9. The van der Waals surface area contributed by atoms with E-state index in [2.05, 4.69) is 6.08 Å². The summed E-state index contributed by atoms with van der Waals surface area (Å²) in [6.07, 6.45) is 9.51. The van der Waals surface area contributed by atoms with Gasteiger partial charge >= 0.3 is 0 Å². The van der Waals surface area contributed by atoms with Crippen molar-refractivity contribution in [2.24, 2.45) is 5.41 Å². The van der Waals surface area contributed by atoms with E-state index in [1.807, 2.05) is 33.8 Å². The van der Waals surface area contributed by atoms with E-state index < -0.39 is 63.4 Å². The minimum atomic E-state index is -1.59. The van der Waals surface area contributed by atoms with Crippen LogP contribution >= 0.6 is 0 Å². The van der Waals surface area contributed by atoms with Crippen LogP contribution in [0.4, 0.5) is 0 Å². The Labute approximate surface area is 266 Å². The first-order valence-electron chi connectivity index (χ1n) is 15.8. The molecule has 45 heavy (non-hydrogen) atoms. The van der Waals surface area contributed by atoms with Crippen LogP contribution in [0.15, 0.2) is 52.0 Å². The predicted octanol–water partition coefficient (Wildman–Crippen LogP) is 8.47. The van der Waals surface area contributed by atoms with Crippen LogP contribution in [-0.2, 0) is 16.0 Å². The third kappa shape index (κ3) is 7.26. The second kappa shape index (κ2) is 13.9. The molecule has 0 unspecified atom stereocenters. The molecule has 4 N–H and O–H groups in total. The fourth-order valence-corrected chi connectivity index (χ4v) is 5.70. The molecule has 244 valence electrons. The lowest BCUT2D eigenvalue weighted by molar-refractivity contribution is -0.127. The molecule has 0 fully saturated rings. The van der Waals surface area contributed by atoms with Gasteiger partial charge in [0.2, 0.25) is 0 Å². The molecule has 0 radical (unpaired) electrons. The summed E-state index contributed by atoms with van der Waals surface area (Å²) in [5, 5.41) is 46.0. The highest BCUT2D eigenvalue weighted by atomic mass is 16.5. The van der Waals surface area contributed by atoms with Crippen LogP contribution in [0.2, 0.25) is 0 Å². The number of hydrogen-bond acceptors (Lipinski definition) is 8. The summed E-state index contributed by atoms with van der Waals surface area (Å²) in [6.45, 7) is 14.7. The maximum Gasteiger partial charge on any atom is 0.183 e. The van der Waals surface area contributed by atoms with Gasteiger partial charge in [-0.05, 0) is 85.8 Å². The van der Waals surface area contributed by atoms with Gasteiger partial charge in [0.25, 0.3) is 0 Å². The Morgan fingerprint density at radius 2 is 1.51 bits per heavy atom. The van der Waals surface area contributed by atoms with Crippen LogP contribution in [0.1, 0.15) is 122 Å². The number of carbonyl (C=O) groups is 3. The van der Waals surface area contributed by atoms with Crippen LogP contribution < -0.4 is 4.74 Å². The summed E-state index contributed by atoms with van der Waals surface area (Å²) in [4.78, 5) is 40.4. The molecule has 0 aromatic heterocycles. The first-order valence-corrected chi connectivity index (χ1v) is 15.8. The van der Waals surface area contributed by atoms with E-state index in [-0.39, 0.29) is 47.3 Å². The van der Waals surface area contributed by atoms with Crippen molar-refractivity contribution in [2.45, 2.75) is 112 Å². The van der Waals surface area contributed by atoms with Crippen molar-refractivity contribution < 1.29 is 39.5 Å². The highest BCUT2D eigenvalue weighted by Gasteiger charge is 2.48. The highest BCUT2D eigenvalue weighted by molar-refractivity contribution is 6.24. The van der Waals surface area contributed by atoms with Gasteiger partial charge < -0.3 is 25.2 Å². The Hall–Kier alpha value is -4.07. The lowest BCUT2D eigenvalue weighted by atomic mass is 9.69. The Kier molecular flexibility index (Phi) is 11.0. The normalized spacial score (nSPS) is 19.4. The molecule has 1 atom stereocenters. The van der Waals surface area contributed by atoms with Crippen molar-refractivity contribution in [1.29, 1.82) is 0 Å². The Morgan fingerprint density at radius 3 is 2.11 bits per heavy atom. The molecule has 3 rings (SSSR count). The van der Waals surface area contributed by atoms with E-state index >= 15 is 0 Å². The third-order valence-electron chi connectivity index (χ3n) is 8.43. The van der Waals surface area contributed by atoms with Crippen LogP contribution in [0.5, 0.6) is 17.2 Å². The Morgan fingerprint density at radius 1 is 0.889 bits per heavy atom. The number of fused-ring (bicyclic) bond motifs is 1. The van der Waals surface area contributed by atoms with Gasteiger partial charge in [-0.25, -0.2) is 0 Å². The minimum Gasteiger partial charge on any atom is -0.511 e. The van der Waals surface area contributed by atoms with Crippen molar-refractivity contribution >= 4 is 23.4 Å². The number of allylic oxidation sites excluding steroid dienone is 7. The van der Waals surface area contributed by atoms with Gasteiger partial charge in [-0.3, -0.25) is 14.4 Å². The number of ether oxygens (including phenoxy) is 1. The number of aliphatic hydroxyl groups is 2. The number of rotatable bonds is 13. The van der Waals surface area contributed by atoms with Crippen molar-refractivity contribution in [1.82, 2.24) is 0 Å². The molecule has 2 aliphatic rings. The molecule has 0 spiro atoms. The average molecular weight is 621 g/mol. The number of aliphatic hydroxyl groups excluding tert-OH is 2. The third-order valence-corrected chi connectivity index (χ3v) is 8.43. The predicted molar refractivity (Wildman–Crippen MR) is 176 cm³/mol. The fourth-order valence-electron chi connectivity index (χ4n) is 5.70. The lowest BCUT2D eigenvalue weighted by Gasteiger charge is -2.34. The first-order chi connectivity index (χ1) is 21.0. The molecule has 8 heteroatoms. The van der Waals surface area contributed by atoms with Gasteiger partial charge in [-0.2, -0.15) is 0 Å². The summed E-state index contributed by atoms with van der Waals surface area (Å²) in [7, 11) is 0. The SMILES string of the molecule is CCCC(=O)C1=C(O)C(Cc2c(O)c3c(c(C(=O)CCC)c2O)OC(C)(C)C=C3)=C(O)[C@@](C)(C/C=C(\C)CCC=C(C)C)C1=O. The first kappa shape index (κ1) is 35.4. The quantitative estimate of drug-likeness (QED) is 0.0977. The summed E-state index contributed by atoms with van der Waals surface area (Å²) in [6, 6.07) is 0. The minimum absolute atomic E-state index is 0.00968. The zero-order chi connectivity index (χ0) is 33.9. The van der Waals surface area contributed by atoms with Gasteiger partial charge in [0.15, 0.2) is 17.3 Å². The van der Waals surface area contributed by atoms with Gasteiger partial charge in [-0.1, -0.05) is 37.1 Å². The van der Waals surface area contributed by atoms with Gasteiger partial charge in [0, 0.05) is 30.4 Å². The molecule has 1 aliphatic carbocycles. The zero-order valence-electron chi connectivity index (χ0n) is 27.9. The van der Waals surface area contributed by atoms with Crippen LogP contribution in [-0.4, -0.2) is 43.4 Å². The fraction of sp³-hybridized carbons (Fsp3) is 0.486. The number of ketones is 3. The number of aromatic hydroxyl groups is 2. The van der Waals surface area contributed by atoms with Crippen LogP contribution in [0.3, 0.4) is 0 Å². The second-order valence-corrected chi connectivity index (χ2v) is 13.1. The molecule has 0 saturated heterocycles. The van der Waals surface area contributed by atoms with Crippen LogP contribution in [0.25, 0.3) is 6.08 Å². The number of phenolic OH excluding ortho intramolecular Hbond substituents is 2. The second-order valence-electron chi connectivity index (χ2n) is 13.1. The van der Waals surface area contributed by atoms with Gasteiger partial charge in [0.05, 0.1) is 11.0 Å². The molecule has 1 heterocycles. The summed E-state index contributed by atoms with van der Waals surface area (Å²) in [5.74, 6) is -3.69. The van der Waals surface area contributed by atoms with Crippen molar-refractivity contribution in [2.75, 3.05) is 0 Å². The Bertz CT molecular complexity index is 1540. The number of Topliss-reactive ketones (excluding diaryl/α,β-unsaturated/α-hetero) is 3. The van der Waals surface area contributed by atoms with Crippen molar-refractivity contribution in [3.63, 3.8) is 0 Å². The molecule has 0 amide bonds. The molecule has 0 saturated carbocycles. The standard InChI is InChI=1S/C37H48O8/c1-9-12-26(38)28-31(41)24(30(40)23-17-18-36(6,7)45-33(23)28)20-25-32(42)29(27(39)13-10-2)35(44)37(8,34(25)43)19-16-22(5)15-11-14-21(3)4/h14,16-18,40-43H,9-13,15,19-20H2,1-8H3/b22-16+/t37-/m1/s1. The van der Waals surface area contributed by atoms with E-state index in [1.54, 1.807) is 32.9 Å². The average Bonchev–Trinajstić information content (AvgIpc) is 2.94. The summed E-state index contributed by atoms with van der Waals surface area (Å²) < 4.78 is 6.04. The van der Waals surface area contributed by atoms with Gasteiger partial charge in [-0.15, -0.1) is 0 Å². The molecule has 1 aromatic rings. The summed E-state index contributed by atoms with van der Waals surface area (Å²) in [5.41, 5.74) is -0.860. The van der Waals surface area contributed by atoms with Crippen molar-refractivity contribution in [3.05, 3.63) is 68.7 Å². The molecular weight excluding hydrogens is 572 g/mol. The topological polar surface area (TPSA) is 141 Å². The van der Waals surface area contributed by atoms with E-state index in [0.717, 1.165) is 18.4 Å². The lowest BCUT2D eigenvalue weighted by Crippen LogP contribution is -2.39. The van der Waals surface area contributed by atoms with E-state index in [1.165, 1.54) is 12.5 Å². The number of phenols is 2. The molecule has 1 aliphatic heterocycles. The van der Waals surface area contributed by atoms with E-state index in [9.17, 15) is 34.8 Å². The highest BCUT2D eigenvalue weighted by Crippen LogP contribution is 2.50. The Balaban J connectivity index is 2.24. The number of hydrogen-bond donors (Lipinski definition) is 4. The van der Waals surface area contributed by atoms with Crippen LogP contribution in [0, 0.1) is 5.41 Å². The summed E-state index contributed by atoms with van der Waals surface area (Å²) >= 11 is 0. The molecule has 0 bridgehead atoms. The maximum atomic E-state index is 13.9. The largest absolute Gasteiger partial charge is 0.511 e. The monoisotopic (exact) mass is 620 g/mol. The van der Waals surface area contributed by atoms with E-state index in [4.69, 9.17) is 4.74 Å². The van der Waals surface area contributed by atoms with E-state index in [0.29, 0.717) is 12.8 Å². The molecule has 1 aromatic carbocycles. The number of benzene rings is 1. The number of carbonyl (C=O) groups excluding carboxylic acids is 3. The molecule has 8 nitrogen and oxygen atoms in total. The van der Waals surface area contributed by atoms with Crippen molar-refractivity contribution in [3.8, 4) is 17.2 Å². The van der Waals surface area contributed by atoms with Gasteiger partial charge in [0.1, 0.15) is 45.5 Å².